The van der Waals surface area contributed by atoms with E-state index < -0.39 is 0 Å². The number of nitrogens with zero attached hydrogens (tertiary/aromatic N) is 2. The molecule has 0 aliphatic carbocycles. The molecule has 3 nitrogen and oxygen atoms in total. The van der Waals surface area contributed by atoms with E-state index in [0.29, 0.717) is 0 Å². The molecular formula is C14H18FN3. The van der Waals surface area contributed by atoms with Gasteiger partial charge in [0.25, 0.3) is 0 Å². The number of halogens is 1. The molecule has 0 bridgehead atoms. The average Bonchev–Trinajstić information content (AvgIpc) is 2.67. The molecule has 0 atom stereocenters. The number of hydrogen-bond acceptors (Lipinski definition) is 2. The maximum absolute atomic E-state index is 13.1. The summed E-state index contributed by atoms with van der Waals surface area (Å²) in [6.07, 6.45) is 2.00. The lowest BCUT2D eigenvalue weighted by molar-refractivity contribution is 0.627. The minimum absolute atomic E-state index is 0.208. The summed E-state index contributed by atoms with van der Waals surface area (Å²) in [6.45, 7) is 5.66. The summed E-state index contributed by atoms with van der Waals surface area (Å²) in [5.41, 5.74) is 3.96. The molecule has 0 spiro atoms. The molecule has 2 rings (SSSR count). The van der Waals surface area contributed by atoms with Gasteiger partial charge in [0.1, 0.15) is 5.82 Å². The largest absolute Gasteiger partial charge is 0.313 e. The second kappa shape index (κ2) is 5.31. The van der Waals surface area contributed by atoms with Crippen molar-refractivity contribution < 1.29 is 4.39 Å². The van der Waals surface area contributed by atoms with Crippen molar-refractivity contribution in [3.8, 4) is 11.3 Å². The third-order valence-corrected chi connectivity index (χ3v) is 2.91. The standard InChI is InChI=1S/C14H18FN3/c1-4-16-8-11-9-18(3)17-14(11)13-6-5-12(15)7-10(13)2/h5-7,9,16H,4,8H2,1-3H3. The van der Waals surface area contributed by atoms with Gasteiger partial charge in [-0.1, -0.05) is 6.92 Å². The van der Waals surface area contributed by atoms with Gasteiger partial charge >= 0.3 is 0 Å². The first-order valence-corrected chi connectivity index (χ1v) is 6.11. The van der Waals surface area contributed by atoms with Crippen LogP contribution in [0.15, 0.2) is 24.4 Å². The van der Waals surface area contributed by atoms with Crippen molar-refractivity contribution in [3.05, 3.63) is 41.3 Å². The minimum Gasteiger partial charge on any atom is -0.313 e. The number of rotatable bonds is 4. The first kappa shape index (κ1) is 12.8. The van der Waals surface area contributed by atoms with Crippen LogP contribution in [0.2, 0.25) is 0 Å². The highest BCUT2D eigenvalue weighted by molar-refractivity contribution is 5.66. The van der Waals surface area contributed by atoms with Gasteiger partial charge in [0.2, 0.25) is 0 Å². The molecule has 4 heteroatoms. The topological polar surface area (TPSA) is 29.9 Å². The molecule has 0 saturated carbocycles. The van der Waals surface area contributed by atoms with Crippen LogP contribution < -0.4 is 5.32 Å². The SMILES string of the molecule is CCNCc1cn(C)nc1-c1ccc(F)cc1C. The van der Waals surface area contributed by atoms with Crippen LogP contribution in [0.25, 0.3) is 11.3 Å². The fraction of sp³-hybridized carbons (Fsp3) is 0.357. The molecule has 1 aromatic carbocycles. The summed E-state index contributed by atoms with van der Waals surface area (Å²) >= 11 is 0. The average molecular weight is 247 g/mol. The van der Waals surface area contributed by atoms with Crippen molar-refractivity contribution in [1.29, 1.82) is 0 Å². The Morgan fingerprint density at radius 3 is 2.83 bits per heavy atom. The predicted octanol–water partition coefficient (Wildman–Crippen LogP) is 2.64. The molecule has 0 saturated heterocycles. The quantitative estimate of drug-likeness (QED) is 0.900. The molecular weight excluding hydrogens is 229 g/mol. The monoisotopic (exact) mass is 247 g/mol. The Balaban J connectivity index is 2.42. The summed E-state index contributed by atoms with van der Waals surface area (Å²) < 4.78 is 14.9. The van der Waals surface area contributed by atoms with E-state index in [4.69, 9.17) is 0 Å². The van der Waals surface area contributed by atoms with Crippen molar-refractivity contribution in [2.24, 2.45) is 7.05 Å². The summed E-state index contributed by atoms with van der Waals surface area (Å²) in [4.78, 5) is 0. The summed E-state index contributed by atoms with van der Waals surface area (Å²) in [5, 5.41) is 7.77. The Hall–Kier alpha value is -1.68. The zero-order chi connectivity index (χ0) is 13.1. The zero-order valence-electron chi connectivity index (χ0n) is 11.0. The van der Waals surface area contributed by atoms with Gasteiger partial charge in [0.05, 0.1) is 5.69 Å². The number of nitrogens with one attached hydrogen (secondary N) is 1. The van der Waals surface area contributed by atoms with Gasteiger partial charge < -0.3 is 5.32 Å². The van der Waals surface area contributed by atoms with Crippen molar-refractivity contribution >= 4 is 0 Å². The highest BCUT2D eigenvalue weighted by atomic mass is 19.1. The van der Waals surface area contributed by atoms with Crippen LogP contribution in [0.4, 0.5) is 4.39 Å². The van der Waals surface area contributed by atoms with Gasteiger partial charge in [-0.15, -0.1) is 0 Å². The predicted molar refractivity (Wildman–Crippen MR) is 70.7 cm³/mol. The second-order valence-electron chi connectivity index (χ2n) is 4.42. The van der Waals surface area contributed by atoms with Gasteiger partial charge in [-0.2, -0.15) is 5.10 Å². The Labute approximate surface area is 107 Å². The molecule has 1 aromatic heterocycles. The van der Waals surface area contributed by atoms with Crippen molar-refractivity contribution in [2.75, 3.05) is 6.54 Å². The lowest BCUT2D eigenvalue weighted by atomic mass is 10.0. The minimum atomic E-state index is -0.208. The lowest BCUT2D eigenvalue weighted by Gasteiger charge is -2.06. The molecule has 0 fully saturated rings. The van der Waals surface area contributed by atoms with Crippen LogP contribution in [0.1, 0.15) is 18.1 Å². The fourth-order valence-corrected chi connectivity index (χ4v) is 2.05. The number of hydrogen-bond donors (Lipinski definition) is 1. The molecule has 18 heavy (non-hydrogen) atoms. The van der Waals surface area contributed by atoms with Gasteiger partial charge in [0.15, 0.2) is 0 Å². The first-order valence-electron chi connectivity index (χ1n) is 6.11. The maximum Gasteiger partial charge on any atom is 0.123 e. The second-order valence-corrected chi connectivity index (χ2v) is 4.42. The molecule has 0 aliphatic heterocycles. The number of aryl methyl sites for hydroxylation is 2. The molecule has 0 unspecified atom stereocenters. The molecule has 1 heterocycles. The fourth-order valence-electron chi connectivity index (χ4n) is 2.05. The van der Waals surface area contributed by atoms with Gasteiger partial charge in [0, 0.05) is 30.9 Å². The van der Waals surface area contributed by atoms with Crippen molar-refractivity contribution in [1.82, 2.24) is 15.1 Å². The van der Waals surface area contributed by atoms with Crippen LogP contribution in [0.3, 0.4) is 0 Å². The van der Waals surface area contributed by atoms with Crippen LogP contribution in [-0.2, 0) is 13.6 Å². The third-order valence-electron chi connectivity index (χ3n) is 2.91. The van der Waals surface area contributed by atoms with Crippen LogP contribution >= 0.6 is 0 Å². The maximum atomic E-state index is 13.1. The van der Waals surface area contributed by atoms with Crippen LogP contribution in [-0.4, -0.2) is 16.3 Å². The van der Waals surface area contributed by atoms with E-state index in [1.807, 2.05) is 20.2 Å². The highest BCUT2D eigenvalue weighted by Gasteiger charge is 2.12. The molecule has 0 aliphatic rings. The van der Waals surface area contributed by atoms with Gasteiger partial charge in [-0.25, -0.2) is 4.39 Å². The Morgan fingerprint density at radius 2 is 2.17 bits per heavy atom. The first-order chi connectivity index (χ1) is 8.61. The third kappa shape index (κ3) is 2.59. The van der Waals surface area contributed by atoms with E-state index >= 15 is 0 Å². The normalized spacial score (nSPS) is 10.9. The molecule has 1 N–H and O–H groups in total. The number of aromatic nitrogens is 2. The Morgan fingerprint density at radius 1 is 1.39 bits per heavy atom. The van der Waals surface area contributed by atoms with Crippen molar-refractivity contribution in [2.45, 2.75) is 20.4 Å². The summed E-state index contributed by atoms with van der Waals surface area (Å²) in [7, 11) is 1.90. The van der Waals surface area contributed by atoms with E-state index in [1.165, 1.54) is 6.07 Å². The van der Waals surface area contributed by atoms with E-state index in [0.717, 1.165) is 35.5 Å². The number of benzene rings is 1. The molecule has 2 aromatic rings. The van der Waals surface area contributed by atoms with Crippen molar-refractivity contribution in [3.63, 3.8) is 0 Å². The zero-order valence-corrected chi connectivity index (χ0v) is 11.0. The lowest BCUT2D eigenvalue weighted by Crippen LogP contribution is -2.11. The Kier molecular flexibility index (Phi) is 3.77. The molecule has 0 radical (unpaired) electrons. The van der Waals surface area contributed by atoms with E-state index in [1.54, 1.807) is 16.8 Å². The molecule has 0 amide bonds. The molecule has 96 valence electrons. The Bertz CT molecular complexity index is 546. The van der Waals surface area contributed by atoms with Gasteiger partial charge in [-0.05, 0) is 37.2 Å². The van der Waals surface area contributed by atoms with E-state index in [2.05, 4.69) is 17.3 Å². The highest BCUT2D eigenvalue weighted by Crippen LogP contribution is 2.25. The summed E-state index contributed by atoms with van der Waals surface area (Å²) in [6, 6.07) is 4.82. The van der Waals surface area contributed by atoms with Crippen LogP contribution in [0.5, 0.6) is 0 Å². The van der Waals surface area contributed by atoms with E-state index in [-0.39, 0.29) is 5.82 Å². The van der Waals surface area contributed by atoms with Gasteiger partial charge in [-0.3, -0.25) is 4.68 Å². The van der Waals surface area contributed by atoms with Crippen LogP contribution in [0, 0.1) is 12.7 Å². The van der Waals surface area contributed by atoms with E-state index in [9.17, 15) is 4.39 Å². The summed E-state index contributed by atoms with van der Waals surface area (Å²) in [5.74, 6) is -0.208. The smallest absolute Gasteiger partial charge is 0.123 e.